The number of nitrogens with zero attached hydrogens (tertiary/aromatic N) is 2. The summed E-state index contributed by atoms with van der Waals surface area (Å²) in [6, 6.07) is 17.0. The normalized spacial score (nSPS) is 11.3. The molecule has 0 aromatic heterocycles. The molecule has 2 aromatic carbocycles. The van der Waals surface area contributed by atoms with E-state index < -0.39 is 4.92 Å². The fraction of sp³-hybridized carbons (Fsp3) is 0. The highest BCUT2D eigenvalue weighted by atomic mass is 16.6. The Morgan fingerprint density at radius 1 is 1.10 bits per heavy atom. The van der Waals surface area contributed by atoms with Crippen LogP contribution < -0.4 is 5.73 Å². The Bertz CT molecular complexity index is 715. The Kier molecular flexibility index (Phi) is 3.77. The van der Waals surface area contributed by atoms with E-state index in [2.05, 4.69) is 0 Å². The van der Waals surface area contributed by atoms with E-state index in [9.17, 15) is 15.4 Å². The van der Waals surface area contributed by atoms with Crippen LogP contribution in [0.3, 0.4) is 0 Å². The lowest BCUT2D eigenvalue weighted by Gasteiger charge is -2.06. The van der Waals surface area contributed by atoms with Gasteiger partial charge in [-0.05, 0) is 11.6 Å². The second-order valence-corrected chi connectivity index (χ2v) is 4.04. The lowest BCUT2D eigenvalue weighted by molar-refractivity contribution is -0.385. The van der Waals surface area contributed by atoms with Crippen molar-refractivity contribution in [3.05, 3.63) is 75.8 Å². The number of nitrogens with two attached hydrogens (primary N) is 1. The lowest BCUT2D eigenvalue weighted by atomic mass is 10.00. The zero-order valence-electron chi connectivity index (χ0n) is 10.5. The molecule has 0 amide bonds. The quantitative estimate of drug-likeness (QED) is 0.399. The molecule has 0 aliphatic carbocycles. The number of hydrogen-bond donors (Lipinski definition) is 1. The number of nitro groups is 1. The lowest BCUT2D eigenvalue weighted by Crippen LogP contribution is -2.04. The number of para-hydroxylation sites is 1. The first-order chi connectivity index (χ1) is 9.65. The van der Waals surface area contributed by atoms with Crippen molar-refractivity contribution < 1.29 is 4.92 Å². The summed E-state index contributed by atoms with van der Waals surface area (Å²) in [6.45, 7) is 0. The Hall–Kier alpha value is -3.13. The van der Waals surface area contributed by atoms with Crippen molar-refractivity contribution in [1.82, 2.24) is 0 Å². The number of hydrogen-bond acceptors (Lipinski definition) is 4. The molecule has 0 unspecified atom stereocenters. The molecule has 2 aromatic rings. The fourth-order valence-electron chi connectivity index (χ4n) is 1.88. The van der Waals surface area contributed by atoms with Crippen LogP contribution in [0, 0.1) is 21.4 Å². The predicted octanol–water partition coefficient (Wildman–Crippen LogP) is 2.95. The van der Waals surface area contributed by atoms with Gasteiger partial charge < -0.3 is 5.73 Å². The first-order valence-corrected chi connectivity index (χ1v) is 5.84. The number of nitro benzene ring substituents is 1. The fourth-order valence-corrected chi connectivity index (χ4v) is 1.88. The third-order valence-corrected chi connectivity index (χ3v) is 2.83. The van der Waals surface area contributed by atoms with E-state index in [0.717, 1.165) is 0 Å². The number of rotatable bonds is 3. The van der Waals surface area contributed by atoms with Crippen LogP contribution in [0.2, 0.25) is 0 Å². The Balaban J connectivity index is 2.65. The summed E-state index contributed by atoms with van der Waals surface area (Å²) in [4.78, 5) is 10.5. The van der Waals surface area contributed by atoms with Gasteiger partial charge in [-0.1, -0.05) is 42.5 Å². The molecule has 20 heavy (non-hydrogen) atoms. The van der Waals surface area contributed by atoms with Crippen molar-refractivity contribution in [3.8, 4) is 6.07 Å². The van der Waals surface area contributed by atoms with Crippen molar-refractivity contribution in [3.63, 3.8) is 0 Å². The summed E-state index contributed by atoms with van der Waals surface area (Å²) in [5.74, 6) is 0. The molecule has 0 aliphatic rings. The molecule has 0 radical (unpaired) electrons. The van der Waals surface area contributed by atoms with Crippen LogP contribution >= 0.6 is 0 Å². The number of allylic oxidation sites excluding steroid dienone is 1. The molecule has 0 saturated heterocycles. The molecule has 0 aliphatic heterocycles. The smallest absolute Gasteiger partial charge is 0.278 e. The Morgan fingerprint density at radius 3 is 2.30 bits per heavy atom. The minimum absolute atomic E-state index is 0.103. The van der Waals surface area contributed by atoms with Crippen LogP contribution in [0.1, 0.15) is 11.1 Å². The van der Waals surface area contributed by atoms with Gasteiger partial charge >= 0.3 is 0 Å². The van der Waals surface area contributed by atoms with Crippen molar-refractivity contribution in [1.29, 1.82) is 5.26 Å². The monoisotopic (exact) mass is 265 g/mol. The molecule has 0 atom stereocenters. The zero-order valence-corrected chi connectivity index (χ0v) is 10.5. The van der Waals surface area contributed by atoms with Gasteiger partial charge in [0.05, 0.1) is 21.8 Å². The van der Waals surface area contributed by atoms with Gasteiger partial charge in [-0.25, -0.2) is 0 Å². The van der Waals surface area contributed by atoms with E-state index in [0.29, 0.717) is 5.56 Å². The van der Waals surface area contributed by atoms with Crippen LogP contribution in [0.4, 0.5) is 5.69 Å². The molecule has 2 N–H and O–H groups in total. The molecule has 0 saturated carbocycles. The topological polar surface area (TPSA) is 93.0 Å². The molecule has 98 valence electrons. The molecule has 0 heterocycles. The average molecular weight is 265 g/mol. The van der Waals surface area contributed by atoms with Crippen LogP contribution in [0.15, 0.2) is 54.6 Å². The molecule has 0 spiro atoms. The highest BCUT2D eigenvalue weighted by Gasteiger charge is 2.17. The molecular formula is C15H11N3O2. The van der Waals surface area contributed by atoms with Gasteiger partial charge in [-0.15, -0.1) is 0 Å². The third kappa shape index (κ3) is 2.49. The Morgan fingerprint density at radius 2 is 1.70 bits per heavy atom. The molecule has 5 heteroatoms. The van der Waals surface area contributed by atoms with Crippen molar-refractivity contribution in [2.75, 3.05) is 0 Å². The van der Waals surface area contributed by atoms with Gasteiger partial charge in [0.2, 0.25) is 0 Å². The average Bonchev–Trinajstić information content (AvgIpc) is 2.49. The molecule has 0 fully saturated rings. The van der Waals surface area contributed by atoms with E-state index >= 15 is 0 Å². The summed E-state index contributed by atoms with van der Waals surface area (Å²) in [7, 11) is 0. The van der Waals surface area contributed by atoms with Gasteiger partial charge in [0, 0.05) is 6.07 Å². The number of benzene rings is 2. The number of nitriles is 1. The second-order valence-electron chi connectivity index (χ2n) is 4.04. The van der Waals surface area contributed by atoms with Crippen LogP contribution in [-0.2, 0) is 0 Å². The van der Waals surface area contributed by atoms with Crippen LogP contribution in [0.25, 0.3) is 11.3 Å². The molecular weight excluding hydrogens is 254 g/mol. The summed E-state index contributed by atoms with van der Waals surface area (Å²) in [5.41, 5.74) is 7.06. The van der Waals surface area contributed by atoms with E-state index in [1.165, 1.54) is 12.1 Å². The standard InChI is InChI=1S/C15H11N3O2/c16-10-13(11-6-2-1-3-7-11)15(17)12-8-4-5-9-14(12)18(19)20/h1-9H,17H2/b15-13-. The third-order valence-electron chi connectivity index (χ3n) is 2.83. The first-order valence-electron chi connectivity index (χ1n) is 5.84. The summed E-state index contributed by atoms with van der Waals surface area (Å²) in [5, 5.41) is 20.3. The van der Waals surface area contributed by atoms with Crippen LogP contribution in [0.5, 0.6) is 0 Å². The largest absolute Gasteiger partial charge is 0.397 e. The van der Waals surface area contributed by atoms with Crippen LogP contribution in [-0.4, -0.2) is 4.92 Å². The van der Waals surface area contributed by atoms with Gasteiger partial charge in [-0.3, -0.25) is 10.1 Å². The molecule has 5 nitrogen and oxygen atoms in total. The zero-order chi connectivity index (χ0) is 14.5. The van der Waals surface area contributed by atoms with Gasteiger partial charge in [0.15, 0.2) is 0 Å². The minimum atomic E-state index is -0.512. The van der Waals surface area contributed by atoms with E-state index in [1.807, 2.05) is 12.1 Å². The summed E-state index contributed by atoms with van der Waals surface area (Å²) >= 11 is 0. The van der Waals surface area contributed by atoms with E-state index in [1.54, 1.807) is 36.4 Å². The van der Waals surface area contributed by atoms with E-state index in [4.69, 9.17) is 5.73 Å². The maximum absolute atomic E-state index is 11.0. The minimum Gasteiger partial charge on any atom is -0.397 e. The highest BCUT2D eigenvalue weighted by Crippen LogP contribution is 2.28. The molecule has 0 bridgehead atoms. The van der Waals surface area contributed by atoms with Gasteiger partial charge in [0.25, 0.3) is 5.69 Å². The van der Waals surface area contributed by atoms with Crippen molar-refractivity contribution in [2.45, 2.75) is 0 Å². The Labute approximate surface area is 115 Å². The first kappa shape index (κ1) is 13.3. The summed E-state index contributed by atoms with van der Waals surface area (Å²) in [6.07, 6.45) is 0. The SMILES string of the molecule is N#C/C(=C(/N)c1ccccc1[N+](=O)[O-])c1ccccc1. The van der Waals surface area contributed by atoms with Gasteiger partial charge in [-0.2, -0.15) is 5.26 Å². The maximum atomic E-state index is 11.0. The van der Waals surface area contributed by atoms with Crippen molar-refractivity contribution >= 4 is 17.0 Å². The summed E-state index contributed by atoms with van der Waals surface area (Å²) < 4.78 is 0. The predicted molar refractivity (Wildman–Crippen MR) is 76.2 cm³/mol. The van der Waals surface area contributed by atoms with Crippen molar-refractivity contribution in [2.24, 2.45) is 5.73 Å². The van der Waals surface area contributed by atoms with Gasteiger partial charge in [0.1, 0.15) is 6.07 Å². The maximum Gasteiger partial charge on any atom is 0.278 e. The van der Waals surface area contributed by atoms with E-state index in [-0.39, 0.29) is 22.5 Å². The molecule has 2 rings (SSSR count). The highest BCUT2D eigenvalue weighted by molar-refractivity contribution is 5.97. The second kappa shape index (κ2) is 5.67.